The summed E-state index contributed by atoms with van der Waals surface area (Å²) in [7, 11) is -0.534. The predicted octanol–water partition coefficient (Wildman–Crippen LogP) is 4.54. The number of ether oxygens (including phenoxy) is 1. The molecule has 1 aromatic carbocycles. The first-order chi connectivity index (χ1) is 12.3. The van der Waals surface area contributed by atoms with E-state index >= 15 is 0 Å². The average Bonchev–Trinajstić information content (AvgIpc) is 2.81. The Kier molecular flexibility index (Phi) is 7.30. The molecule has 0 aliphatic carbocycles. The van der Waals surface area contributed by atoms with Crippen LogP contribution in [0.25, 0.3) is 0 Å². The number of benzene rings is 1. The first-order valence-electron chi connectivity index (χ1n) is 9.88. The molecule has 0 aromatic heterocycles. The number of hydrogen-bond donors (Lipinski definition) is 0. The number of hydrogen-bond acceptors (Lipinski definition) is 4. The van der Waals surface area contributed by atoms with Crippen molar-refractivity contribution in [3.63, 3.8) is 0 Å². The van der Waals surface area contributed by atoms with Gasteiger partial charge in [0, 0.05) is 5.56 Å². The number of carbonyl (C=O) groups is 1. The molecule has 0 saturated carbocycles. The van der Waals surface area contributed by atoms with E-state index in [2.05, 4.69) is 6.92 Å². The van der Waals surface area contributed by atoms with Gasteiger partial charge in [-0.15, -0.1) is 0 Å². The molecule has 1 heterocycles. The topological polar surface area (TPSA) is 44.8 Å². The van der Waals surface area contributed by atoms with Crippen LogP contribution in [0.2, 0.25) is 0 Å². The number of aldehydes is 1. The van der Waals surface area contributed by atoms with Crippen molar-refractivity contribution < 1.29 is 18.8 Å². The monoisotopic (exact) mass is 360 g/mol. The fourth-order valence-corrected chi connectivity index (χ4v) is 3.00. The quantitative estimate of drug-likeness (QED) is 0.349. The van der Waals surface area contributed by atoms with Crippen LogP contribution < -0.4 is 10.2 Å². The van der Waals surface area contributed by atoms with Gasteiger partial charge < -0.3 is 14.0 Å². The summed E-state index contributed by atoms with van der Waals surface area (Å²) in [6.07, 6.45) is 8.21. The summed E-state index contributed by atoms with van der Waals surface area (Å²) in [5, 5.41) is 0. The lowest BCUT2D eigenvalue weighted by Gasteiger charge is -2.32. The van der Waals surface area contributed by atoms with Gasteiger partial charge >= 0.3 is 7.12 Å². The maximum atomic E-state index is 11.6. The second-order valence-electron chi connectivity index (χ2n) is 8.11. The van der Waals surface area contributed by atoms with Crippen LogP contribution in [0, 0.1) is 0 Å². The molecule has 0 spiro atoms. The van der Waals surface area contributed by atoms with Crippen LogP contribution in [0.4, 0.5) is 0 Å². The fourth-order valence-electron chi connectivity index (χ4n) is 3.00. The third-order valence-electron chi connectivity index (χ3n) is 5.46. The molecule has 1 saturated heterocycles. The first kappa shape index (κ1) is 21.0. The molecule has 0 radical (unpaired) electrons. The van der Waals surface area contributed by atoms with Gasteiger partial charge in [-0.3, -0.25) is 4.79 Å². The second kappa shape index (κ2) is 9.05. The van der Waals surface area contributed by atoms with Crippen LogP contribution in [-0.2, 0) is 9.31 Å². The van der Waals surface area contributed by atoms with Gasteiger partial charge in [0.1, 0.15) is 12.0 Å². The van der Waals surface area contributed by atoms with Crippen LogP contribution in [-0.4, -0.2) is 31.2 Å². The van der Waals surface area contributed by atoms with Crippen LogP contribution in [0.1, 0.15) is 83.5 Å². The molecule has 1 aromatic rings. The van der Waals surface area contributed by atoms with Crippen LogP contribution in [0.15, 0.2) is 18.2 Å². The molecule has 0 unspecified atom stereocenters. The molecule has 144 valence electrons. The van der Waals surface area contributed by atoms with E-state index in [-0.39, 0.29) is 0 Å². The maximum Gasteiger partial charge on any atom is 0.495 e. The zero-order valence-corrected chi connectivity index (χ0v) is 17.0. The number of carbonyl (C=O) groups excluding carboxylic acids is 1. The standard InChI is InChI=1S/C21H33BO4/c1-6-7-8-9-10-11-14-24-18-12-13-19(17(15-18)16-23)22-25-20(2,3)21(4,5)26-22/h12-13,15-16H,6-11,14H2,1-5H3. The smallest absolute Gasteiger partial charge is 0.494 e. The van der Waals surface area contributed by atoms with Gasteiger partial charge in [-0.1, -0.05) is 45.1 Å². The largest absolute Gasteiger partial charge is 0.495 e. The van der Waals surface area contributed by atoms with E-state index in [4.69, 9.17) is 14.0 Å². The lowest BCUT2D eigenvalue weighted by Crippen LogP contribution is -2.41. The molecule has 1 aliphatic rings. The van der Waals surface area contributed by atoms with E-state index in [1.165, 1.54) is 32.1 Å². The zero-order valence-electron chi connectivity index (χ0n) is 17.0. The van der Waals surface area contributed by atoms with Gasteiger partial charge in [-0.05, 0) is 51.7 Å². The SMILES string of the molecule is CCCCCCCCOc1ccc(B2OC(C)(C)C(C)(C)O2)c(C=O)c1. The second-order valence-corrected chi connectivity index (χ2v) is 8.11. The van der Waals surface area contributed by atoms with E-state index < -0.39 is 18.3 Å². The van der Waals surface area contributed by atoms with Gasteiger partial charge in [-0.25, -0.2) is 0 Å². The summed E-state index contributed by atoms with van der Waals surface area (Å²) in [5.41, 5.74) is 0.463. The molecule has 4 nitrogen and oxygen atoms in total. The number of rotatable bonds is 10. The first-order valence-corrected chi connectivity index (χ1v) is 9.88. The van der Waals surface area contributed by atoms with Crippen LogP contribution in [0.5, 0.6) is 5.75 Å². The highest BCUT2D eigenvalue weighted by atomic mass is 16.7. The third kappa shape index (κ3) is 5.11. The molecule has 1 fully saturated rings. The van der Waals surface area contributed by atoms with Crippen molar-refractivity contribution in [3.8, 4) is 5.75 Å². The minimum Gasteiger partial charge on any atom is -0.494 e. The maximum absolute atomic E-state index is 11.6. The van der Waals surface area contributed by atoms with E-state index in [0.717, 1.165) is 23.9 Å². The van der Waals surface area contributed by atoms with Gasteiger partial charge in [-0.2, -0.15) is 0 Å². The molecule has 5 heteroatoms. The summed E-state index contributed by atoms with van der Waals surface area (Å²) in [5.74, 6) is 0.723. The Morgan fingerprint density at radius 1 is 1.00 bits per heavy atom. The molecule has 0 atom stereocenters. The summed E-state index contributed by atoms with van der Waals surface area (Å²) in [6, 6.07) is 5.55. The number of unbranched alkanes of at least 4 members (excludes halogenated alkanes) is 5. The van der Waals surface area contributed by atoms with Crippen molar-refractivity contribution in [2.45, 2.75) is 84.3 Å². The van der Waals surface area contributed by atoms with E-state index in [0.29, 0.717) is 12.2 Å². The fraction of sp³-hybridized carbons (Fsp3) is 0.667. The van der Waals surface area contributed by atoms with Crippen LogP contribution >= 0.6 is 0 Å². The highest BCUT2D eigenvalue weighted by Gasteiger charge is 2.52. The van der Waals surface area contributed by atoms with E-state index in [9.17, 15) is 4.79 Å². The Morgan fingerprint density at radius 3 is 2.23 bits per heavy atom. The summed E-state index contributed by atoms with van der Waals surface area (Å²) in [4.78, 5) is 11.6. The molecular weight excluding hydrogens is 327 g/mol. The van der Waals surface area contributed by atoms with E-state index in [1.54, 1.807) is 6.07 Å². The zero-order chi connectivity index (χ0) is 19.2. The van der Waals surface area contributed by atoms with Gasteiger partial charge in [0.25, 0.3) is 0 Å². The molecule has 1 aliphatic heterocycles. The van der Waals surface area contributed by atoms with Crippen molar-refractivity contribution in [3.05, 3.63) is 23.8 Å². The predicted molar refractivity (Wildman–Crippen MR) is 106 cm³/mol. The molecule has 26 heavy (non-hydrogen) atoms. The lowest BCUT2D eigenvalue weighted by atomic mass is 9.76. The van der Waals surface area contributed by atoms with Gasteiger partial charge in [0.15, 0.2) is 0 Å². The average molecular weight is 360 g/mol. The van der Waals surface area contributed by atoms with Crippen LogP contribution in [0.3, 0.4) is 0 Å². The highest BCUT2D eigenvalue weighted by molar-refractivity contribution is 6.63. The van der Waals surface area contributed by atoms with E-state index in [1.807, 2.05) is 39.8 Å². The summed E-state index contributed by atoms with van der Waals surface area (Å²) in [6.45, 7) is 10.9. The molecule has 2 rings (SSSR count). The van der Waals surface area contributed by atoms with Crippen molar-refractivity contribution in [2.24, 2.45) is 0 Å². The highest BCUT2D eigenvalue weighted by Crippen LogP contribution is 2.36. The molecular formula is C21H33BO4. The minimum atomic E-state index is -0.534. The Bertz CT molecular complexity index is 582. The van der Waals surface area contributed by atoms with Gasteiger partial charge in [0.05, 0.1) is 17.8 Å². The van der Waals surface area contributed by atoms with Crippen molar-refractivity contribution >= 4 is 18.9 Å². The third-order valence-corrected chi connectivity index (χ3v) is 5.46. The Morgan fingerprint density at radius 2 is 1.62 bits per heavy atom. The summed E-state index contributed by atoms with van der Waals surface area (Å²) < 4.78 is 17.9. The molecule has 0 N–H and O–H groups in total. The van der Waals surface area contributed by atoms with Gasteiger partial charge in [0.2, 0.25) is 0 Å². The normalized spacial score (nSPS) is 18.1. The van der Waals surface area contributed by atoms with Crippen molar-refractivity contribution in [1.82, 2.24) is 0 Å². The Balaban J connectivity index is 1.93. The molecule has 0 bridgehead atoms. The summed E-state index contributed by atoms with van der Waals surface area (Å²) >= 11 is 0. The Labute approximate surface area is 158 Å². The van der Waals surface area contributed by atoms with Crippen molar-refractivity contribution in [1.29, 1.82) is 0 Å². The van der Waals surface area contributed by atoms with Crippen molar-refractivity contribution in [2.75, 3.05) is 6.61 Å². The lowest BCUT2D eigenvalue weighted by molar-refractivity contribution is 0.00578. The minimum absolute atomic E-state index is 0.426. The molecule has 0 amide bonds. The Hall–Kier alpha value is -1.33.